The second-order valence-corrected chi connectivity index (χ2v) is 7.65. The topological polar surface area (TPSA) is 42.9 Å². The van der Waals surface area contributed by atoms with Crippen molar-refractivity contribution >= 4 is 11.6 Å². The van der Waals surface area contributed by atoms with E-state index in [0.29, 0.717) is 0 Å². The molecule has 1 aliphatic heterocycles. The first-order valence-corrected chi connectivity index (χ1v) is 11.3. The molecule has 1 heterocycles. The number of hydrogen-bond donors (Lipinski definition) is 2. The van der Waals surface area contributed by atoms with E-state index >= 15 is 0 Å². The molecule has 0 aromatic heterocycles. The molecule has 0 radical (unpaired) electrons. The Labute approximate surface area is 172 Å². The van der Waals surface area contributed by atoms with E-state index in [9.17, 15) is 0 Å². The minimum Gasteiger partial charge on any atom is -0.372 e. The number of rotatable bonds is 11. The van der Waals surface area contributed by atoms with Gasteiger partial charge in [0.15, 0.2) is 5.96 Å². The molecule has 0 bridgehead atoms. The maximum atomic E-state index is 4.79. The normalized spacial score (nSPS) is 15.9. The molecule has 1 unspecified atom stereocenters. The van der Waals surface area contributed by atoms with Gasteiger partial charge in [0.2, 0.25) is 0 Å². The highest BCUT2D eigenvalue weighted by Crippen LogP contribution is 2.23. The third-order valence-electron chi connectivity index (χ3n) is 5.59. The van der Waals surface area contributed by atoms with Crippen LogP contribution in [0.25, 0.3) is 0 Å². The lowest BCUT2D eigenvalue weighted by Crippen LogP contribution is -2.38. The fraction of sp³-hybridized carbons (Fsp3) is 0.696. The quantitative estimate of drug-likeness (QED) is 0.342. The average molecular weight is 388 g/mol. The van der Waals surface area contributed by atoms with Crippen LogP contribution in [0.2, 0.25) is 0 Å². The van der Waals surface area contributed by atoms with Gasteiger partial charge in [-0.05, 0) is 76.9 Å². The first-order chi connectivity index (χ1) is 13.7. The first kappa shape index (κ1) is 22.5. The van der Waals surface area contributed by atoms with Crippen LogP contribution in [0.4, 0.5) is 5.69 Å². The maximum absolute atomic E-state index is 4.79. The second-order valence-electron chi connectivity index (χ2n) is 7.65. The molecular weight excluding hydrogens is 346 g/mol. The lowest BCUT2D eigenvalue weighted by atomic mass is 10.1. The summed E-state index contributed by atoms with van der Waals surface area (Å²) in [5.41, 5.74) is 2.67. The van der Waals surface area contributed by atoms with Gasteiger partial charge in [-0.2, -0.15) is 0 Å². The van der Waals surface area contributed by atoms with Crippen molar-refractivity contribution in [1.82, 2.24) is 15.5 Å². The van der Waals surface area contributed by atoms with Crippen LogP contribution >= 0.6 is 0 Å². The zero-order valence-corrected chi connectivity index (χ0v) is 18.5. The Morgan fingerprint density at radius 2 is 1.89 bits per heavy atom. The third kappa shape index (κ3) is 7.34. The van der Waals surface area contributed by atoms with Crippen molar-refractivity contribution in [3.8, 4) is 0 Å². The minimum absolute atomic E-state index is 0.232. The van der Waals surface area contributed by atoms with E-state index in [-0.39, 0.29) is 6.04 Å². The van der Waals surface area contributed by atoms with E-state index in [0.717, 1.165) is 38.6 Å². The molecule has 2 N–H and O–H groups in total. The molecule has 0 spiro atoms. The number of aliphatic imine (C=N–C) groups is 1. The number of benzene rings is 1. The van der Waals surface area contributed by atoms with Crippen molar-refractivity contribution in [2.75, 3.05) is 50.7 Å². The first-order valence-electron chi connectivity index (χ1n) is 11.3. The third-order valence-corrected chi connectivity index (χ3v) is 5.59. The monoisotopic (exact) mass is 387 g/mol. The molecule has 0 saturated carbocycles. The zero-order valence-electron chi connectivity index (χ0n) is 18.5. The summed E-state index contributed by atoms with van der Waals surface area (Å²) in [5, 5.41) is 6.98. The number of nitrogens with zero attached hydrogens (tertiary/aromatic N) is 3. The number of guanidine groups is 1. The number of hydrogen-bond acceptors (Lipinski definition) is 3. The predicted octanol–water partition coefficient (Wildman–Crippen LogP) is 4.02. The van der Waals surface area contributed by atoms with Gasteiger partial charge in [0.05, 0.1) is 6.04 Å². The Morgan fingerprint density at radius 3 is 2.57 bits per heavy atom. The van der Waals surface area contributed by atoms with Crippen molar-refractivity contribution in [3.05, 3.63) is 29.8 Å². The molecule has 0 aliphatic carbocycles. The molecule has 5 nitrogen and oxygen atoms in total. The molecule has 0 amide bonds. The van der Waals surface area contributed by atoms with Crippen LogP contribution in [-0.4, -0.2) is 56.7 Å². The molecule has 1 fully saturated rings. The van der Waals surface area contributed by atoms with E-state index in [2.05, 4.69) is 72.4 Å². The highest BCUT2D eigenvalue weighted by Gasteiger charge is 2.14. The van der Waals surface area contributed by atoms with E-state index in [4.69, 9.17) is 4.99 Å². The molecule has 1 atom stereocenters. The fourth-order valence-corrected chi connectivity index (χ4v) is 3.75. The molecule has 1 aromatic rings. The molecule has 158 valence electrons. The Kier molecular flexibility index (Phi) is 10.2. The Balaban J connectivity index is 1.87. The van der Waals surface area contributed by atoms with Crippen LogP contribution in [0.1, 0.15) is 65.0 Å². The highest BCUT2D eigenvalue weighted by molar-refractivity contribution is 5.80. The molecule has 1 aromatic carbocycles. The fourth-order valence-electron chi connectivity index (χ4n) is 3.75. The van der Waals surface area contributed by atoms with Crippen LogP contribution in [0.3, 0.4) is 0 Å². The van der Waals surface area contributed by atoms with Crippen molar-refractivity contribution in [3.63, 3.8) is 0 Å². The molecule has 2 rings (SSSR count). The Hall–Kier alpha value is -1.75. The van der Waals surface area contributed by atoms with Crippen molar-refractivity contribution < 1.29 is 0 Å². The van der Waals surface area contributed by atoms with Crippen LogP contribution in [0.15, 0.2) is 29.3 Å². The number of nitrogens with one attached hydrogen (secondary N) is 2. The molecular formula is C23H41N5. The average Bonchev–Trinajstić information content (AvgIpc) is 3.26. The molecule has 1 saturated heterocycles. The van der Waals surface area contributed by atoms with Gasteiger partial charge in [-0.3, -0.25) is 4.99 Å². The predicted molar refractivity (Wildman–Crippen MR) is 122 cm³/mol. The summed E-state index contributed by atoms with van der Waals surface area (Å²) in [6.07, 6.45) is 4.96. The van der Waals surface area contributed by atoms with Gasteiger partial charge >= 0.3 is 0 Å². The van der Waals surface area contributed by atoms with Gasteiger partial charge < -0.3 is 20.4 Å². The highest BCUT2D eigenvalue weighted by atomic mass is 15.2. The van der Waals surface area contributed by atoms with Gasteiger partial charge in [-0.25, -0.2) is 0 Å². The van der Waals surface area contributed by atoms with Crippen LogP contribution < -0.4 is 15.5 Å². The number of anilines is 1. The SMILES string of the molecule is CCNC(=NCCCCN(CC)CC)NC(C)c1cccc(N2CCCC2)c1. The minimum atomic E-state index is 0.232. The summed E-state index contributed by atoms with van der Waals surface area (Å²) in [4.78, 5) is 9.76. The zero-order chi connectivity index (χ0) is 20.2. The summed E-state index contributed by atoms with van der Waals surface area (Å²) in [5.74, 6) is 0.921. The Bertz CT molecular complexity index is 576. The summed E-state index contributed by atoms with van der Waals surface area (Å²) in [6.45, 7) is 16.4. The largest absolute Gasteiger partial charge is 0.372 e. The van der Waals surface area contributed by atoms with Gasteiger partial charge in [-0.1, -0.05) is 26.0 Å². The van der Waals surface area contributed by atoms with Gasteiger partial charge in [-0.15, -0.1) is 0 Å². The van der Waals surface area contributed by atoms with E-state index < -0.39 is 0 Å². The van der Waals surface area contributed by atoms with Crippen molar-refractivity contribution in [1.29, 1.82) is 0 Å². The molecule has 28 heavy (non-hydrogen) atoms. The maximum Gasteiger partial charge on any atom is 0.191 e. The van der Waals surface area contributed by atoms with E-state index in [1.165, 1.54) is 50.1 Å². The van der Waals surface area contributed by atoms with Gasteiger partial charge in [0.25, 0.3) is 0 Å². The second kappa shape index (κ2) is 12.7. The summed E-state index contributed by atoms with van der Waals surface area (Å²) < 4.78 is 0. The lowest BCUT2D eigenvalue weighted by Gasteiger charge is -2.22. The van der Waals surface area contributed by atoms with E-state index in [1.807, 2.05) is 0 Å². The molecule has 5 heteroatoms. The van der Waals surface area contributed by atoms with Crippen molar-refractivity contribution in [2.45, 2.75) is 59.4 Å². The van der Waals surface area contributed by atoms with Gasteiger partial charge in [0, 0.05) is 31.9 Å². The summed E-state index contributed by atoms with van der Waals surface area (Å²) in [7, 11) is 0. The van der Waals surface area contributed by atoms with Crippen molar-refractivity contribution in [2.24, 2.45) is 4.99 Å². The summed E-state index contributed by atoms with van der Waals surface area (Å²) >= 11 is 0. The molecule has 1 aliphatic rings. The Morgan fingerprint density at radius 1 is 1.14 bits per heavy atom. The smallest absolute Gasteiger partial charge is 0.191 e. The van der Waals surface area contributed by atoms with E-state index in [1.54, 1.807) is 0 Å². The van der Waals surface area contributed by atoms with Crippen LogP contribution in [-0.2, 0) is 0 Å². The van der Waals surface area contributed by atoms with Crippen LogP contribution in [0, 0.1) is 0 Å². The van der Waals surface area contributed by atoms with Crippen LogP contribution in [0.5, 0.6) is 0 Å². The summed E-state index contributed by atoms with van der Waals surface area (Å²) in [6, 6.07) is 9.19. The standard InChI is InChI=1S/C23H41N5/c1-5-24-23(25-15-8-9-16-27(6-2)7-3)26-20(4)21-13-12-14-22(19-21)28-17-10-11-18-28/h12-14,19-20H,5-11,15-18H2,1-4H3,(H2,24,25,26). The van der Waals surface area contributed by atoms with Gasteiger partial charge in [0.1, 0.15) is 0 Å². The number of unbranched alkanes of at least 4 members (excludes halogenated alkanes) is 1. The lowest BCUT2D eigenvalue weighted by molar-refractivity contribution is 0.297.